The van der Waals surface area contributed by atoms with Crippen molar-refractivity contribution in [2.24, 2.45) is 0 Å². The molecule has 0 N–H and O–H groups in total. The molecule has 0 saturated carbocycles. The van der Waals surface area contributed by atoms with Crippen LogP contribution in [-0.2, 0) is 0 Å². The number of unbranched alkanes of at least 4 members (excludes halogenated alkanes) is 23. The molecule has 0 saturated heterocycles. The molecule has 1 atom stereocenters. The van der Waals surface area contributed by atoms with Crippen molar-refractivity contribution in [1.29, 1.82) is 0 Å². The topological polar surface area (TPSA) is 6.48 Å². The molecule has 0 amide bonds. The second kappa shape index (κ2) is 26.9. The normalized spacial score (nSPS) is 15.4. The maximum atomic E-state index is 2.67. The lowest BCUT2D eigenvalue weighted by atomic mass is 10.0. The Morgan fingerprint density at radius 3 is 1.05 bits per heavy atom. The second-order valence-electron chi connectivity index (χ2n) is 12.2. The quantitative estimate of drug-likeness (QED) is 0.0908. The molecule has 0 aromatic rings. The van der Waals surface area contributed by atoms with Gasteiger partial charge < -0.3 is 9.80 Å². The lowest BCUT2D eigenvalue weighted by Crippen LogP contribution is -2.39. The average molecular weight is 519 g/mol. The summed E-state index contributed by atoms with van der Waals surface area (Å²) in [5.41, 5.74) is 0. The van der Waals surface area contributed by atoms with Gasteiger partial charge in [0.1, 0.15) is 6.17 Å². The average Bonchev–Trinajstić information content (AvgIpc) is 3.28. The van der Waals surface area contributed by atoms with Gasteiger partial charge in [0.2, 0.25) is 0 Å². The molecule has 0 fully saturated rings. The number of rotatable bonds is 29. The van der Waals surface area contributed by atoms with Crippen molar-refractivity contribution in [3.63, 3.8) is 0 Å². The van der Waals surface area contributed by atoms with Crippen LogP contribution in [0.1, 0.15) is 194 Å². The van der Waals surface area contributed by atoms with Crippen LogP contribution < -0.4 is 0 Å². The number of hydrogen-bond acceptors (Lipinski definition) is 2. The van der Waals surface area contributed by atoms with Gasteiger partial charge in [-0.1, -0.05) is 168 Å². The van der Waals surface area contributed by atoms with Gasteiger partial charge in [0, 0.05) is 25.5 Å². The van der Waals surface area contributed by atoms with E-state index in [1.54, 1.807) is 0 Å². The first-order valence-corrected chi connectivity index (χ1v) is 17.5. The molecular weight excluding hydrogens is 448 g/mol. The minimum absolute atomic E-state index is 0.640. The Hall–Kier alpha value is -0.660. The molecule has 0 aromatic carbocycles. The van der Waals surface area contributed by atoms with Crippen LogP contribution in [0.15, 0.2) is 12.4 Å². The van der Waals surface area contributed by atoms with Crippen molar-refractivity contribution in [2.45, 2.75) is 200 Å². The summed E-state index contributed by atoms with van der Waals surface area (Å²) >= 11 is 0. The number of nitrogens with zero attached hydrogens (tertiary/aromatic N) is 2. The van der Waals surface area contributed by atoms with Crippen LogP contribution in [-0.4, -0.2) is 29.1 Å². The molecular formula is C35H70N2. The van der Waals surface area contributed by atoms with Gasteiger partial charge in [-0.2, -0.15) is 0 Å². The summed E-state index contributed by atoms with van der Waals surface area (Å²) in [5, 5.41) is 0. The van der Waals surface area contributed by atoms with E-state index in [0.29, 0.717) is 6.17 Å². The van der Waals surface area contributed by atoms with Gasteiger partial charge >= 0.3 is 0 Å². The molecule has 1 unspecified atom stereocenters. The van der Waals surface area contributed by atoms with Crippen LogP contribution in [0.3, 0.4) is 0 Å². The summed E-state index contributed by atoms with van der Waals surface area (Å²) in [7, 11) is 0. The molecule has 2 nitrogen and oxygen atoms in total. The molecule has 0 bridgehead atoms. The van der Waals surface area contributed by atoms with E-state index >= 15 is 0 Å². The lowest BCUT2D eigenvalue weighted by molar-refractivity contribution is 0.137. The lowest BCUT2D eigenvalue weighted by Gasteiger charge is -2.33. The van der Waals surface area contributed by atoms with Crippen molar-refractivity contribution in [2.75, 3.05) is 13.1 Å². The number of hydrogen-bond donors (Lipinski definition) is 0. The van der Waals surface area contributed by atoms with Crippen molar-refractivity contribution < 1.29 is 0 Å². The fourth-order valence-electron chi connectivity index (χ4n) is 6.08. The molecule has 220 valence electrons. The van der Waals surface area contributed by atoms with Crippen LogP contribution in [0.4, 0.5) is 0 Å². The van der Waals surface area contributed by atoms with E-state index in [4.69, 9.17) is 0 Å². The highest BCUT2D eigenvalue weighted by atomic mass is 15.4. The highest BCUT2D eigenvalue weighted by Gasteiger charge is 2.24. The van der Waals surface area contributed by atoms with Crippen LogP contribution >= 0.6 is 0 Å². The third-order valence-electron chi connectivity index (χ3n) is 8.53. The standard InChI is InChI=1S/C35H70N2/c1-4-7-9-11-13-15-16-17-18-19-20-21-23-25-27-29-32-37-34-33-36(31-6-3)35(37)30-28-26-24-22-14-12-10-8-5-2/h33-35H,4-32H2,1-3H3. The van der Waals surface area contributed by atoms with Crippen molar-refractivity contribution in [3.05, 3.63) is 12.4 Å². The van der Waals surface area contributed by atoms with Crippen LogP contribution in [0.2, 0.25) is 0 Å². The SMILES string of the molecule is CCCCCCCCCCCCCCCCCCN1C=CN(CCC)C1CCCCCCCCCCC. The van der Waals surface area contributed by atoms with Gasteiger partial charge in [0.05, 0.1) is 0 Å². The van der Waals surface area contributed by atoms with Crippen LogP contribution in [0.5, 0.6) is 0 Å². The molecule has 2 heteroatoms. The third kappa shape index (κ3) is 20.0. The second-order valence-corrected chi connectivity index (χ2v) is 12.2. The Labute approximate surface area is 235 Å². The van der Waals surface area contributed by atoms with Gasteiger partial charge in [-0.25, -0.2) is 0 Å². The first-order valence-electron chi connectivity index (χ1n) is 17.5. The fourth-order valence-corrected chi connectivity index (χ4v) is 6.08. The van der Waals surface area contributed by atoms with E-state index in [1.807, 2.05) is 0 Å². The summed E-state index contributed by atoms with van der Waals surface area (Å²) in [6.07, 6.45) is 44.1. The molecule has 1 heterocycles. The highest BCUT2D eigenvalue weighted by molar-refractivity contribution is 4.96. The monoisotopic (exact) mass is 519 g/mol. The first kappa shape index (κ1) is 34.4. The zero-order chi connectivity index (χ0) is 26.7. The van der Waals surface area contributed by atoms with E-state index < -0.39 is 0 Å². The zero-order valence-electron chi connectivity index (χ0n) is 26.1. The molecule has 0 radical (unpaired) electrons. The molecule has 0 spiro atoms. The predicted molar refractivity (Wildman–Crippen MR) is 168 cm³/mol. The first-order chi connectivity index (χ1) is 18.3. The van der Waals surface area contributed by atoms with E-state index in [1.165, 1.54) is 186 Å². The summed E-state index contributed by atoms with van der Waals surface area (Å²) in [6, 6.07) is 0. The van der Waals surface area contributed by atoms with E-state index in [9.17, 15) is 0 Å². The molecule has 1 aliphatic heterocycles. The van der Waals surface area contributed by atoms with Crippen LogP contribution in [0.25, 0.3) is 0 Å². The Kier molecular flexibility index (Phi) is 25.0. The van der Waals surface area contributed by atoms with E-state index in [2.05, 4.69) is 43.0 Å². The largest absolute Gasteiger partial charge is 0.356 e. The van der Waals surface area contributed by atoms with Crippen molar-refractivity contribution in [3.8, 4) is 0 Å². The predicted octanol–water partition coefficient (Wildman–Crippen LogP) is 12.0. The Morgan fingerprint density at radius 1 is 0.351 bits per heavy atom. The van der Waals surface area contributed by atoms with Gasteiger partial charge in [-0.05, 0) is 25.7 Å². The van der Waals surface area contributed by atoms with Gasteiger partial charge in [-0.3, -0.25) is 0 Å². The third-order valence-corrected chi connectivity index (χ3v) is 8.53. The Bertz CT molecular complexity index is 474. The summed E-state index contributed by atoms with van der Waals surface area (Å²) < 4.78 is 0. The maximum absolute atomic E-state index is 2.67. The highest BCUT2D eigenvalue weighted by Crippen LogP contribution is 2.23. The smallest absolute Gasteiger partial charge is 0.101 e. The van der Waals surface area contributed by atoms with Gasteiger partial charge in [-0.15, -0.1) is 0 Å². The molecule has 0 aliphatic carbocycles. The Morgan fingerprint density at radius 2 is 0.676 bits per heavy atom. The van der Waals surface area contributed by atoms with Crippen molar-refractivity contribution in [1.82, 2.24) is 9.80 Å². The minimum Gasteiger partial charge on any atom is -0.356 e. The van der Waals surface area contributed by atoms with E-state index in [-0.39, 0.29) is 0 Å². The summed E-state index contributed by atoms with van der Waals surface area (Å²) in [5.74, 6) is 0. The molecule has 0 aromatic heterocycles. The molecule has 1 aliphatic rings. The van der Waals surface area contributed by atoms with Gasteiger partial charge in [0.15, 0.2) is 0 Å². The summed E-state index contributed by atoms with van der Waals surface area (Å²) in [4.78, 5) is 5.29. The molecule has 1 rings (SSSR count). The maximum Gasteiger partial charge on any atom is 0.101 e. The zero-order valence-corrected chi connectivity index (χ0v) is 26.1. The van der Waals surface area contributed by atoms with E-state index in [0.717, 1.165) is 0 Å². The van der Waals surface area contributed by atoms with Gasteiger partial charge in [0.25, 0.3) is 0 Å². The van der Waals surface area contributed by atoms with Crippen LogP contribution in [0, 0.1) is 0 Å². The minimum atomic E-state index is 0.640. The van der Waals surface area contributed by atoms with Crippen molar-refractivity contribution >= 4 is 0 Å². The fraction of sp³-hybridized carbons (Fsp3) is 0.943. The Balaban J connectivity index is 1.98. The molecule has 37 heavy (non-hydrogen) atoms. The summed E-state index contributed by atoms with van der Waals surface area (Å²) in [6.45, 7) is 9.41.